The zero-order valence-corrected chi connectivity index (χ0v) is 14.6. The highest BCUT2D eigenvalue weighted by atomic mass is 127. The van der Waals surface area contributed by atoms with E-state index in [-0.39, 0.29) is 0 Å². The van der Waals surface area contributed by atoms with Crippen LogP contribution in [0.1, 0.15) is 5.56 Å². The lowest BCUT2D eigenvalue weighted by atomic mass is 10.2. The van der Waals surface area contributed by atoms with Crippen LogP contribution in [-0.4, -0.2) is 67.2 Å². The number of nitrogens with zero attached hydrogens (tertiary/aromatic N) is 4. The molecule has 1 aromatic heterocycles. The molecule has 8 heteroatoms. The van der Waals surface area contributed by atoms with Gasteiger partial charge >= 0.3 is 0 Å². The monoisotopic (exact) mass is 410 g/mol. The van der Waals surface area contributed by atoms with Crippen molar-refractivity contribution in [3.63, 3.8) is 0 Å². The molecule has 1 saturated heterocycles. The lowest BCUT2D eigenvalue weighted by Gasteiger charge is -2.35. The van der Waals surface area contributed by atoms with Crippen LogP contribution in [0.3, 0.4) is 0 Å². The minimum atomic E-state index is -3.28. The lowest BCUT2D eigenvalue weighted by molar-refractivity contribution is 0.177. The minimum absolute atomic E-state index is 0.540. The molecule has 0 saturated carbocycles. The third-order valence-electron chi connectivity index (χ3n) is 3.31. The summed E-state index contributed by atoms with van der Waals surface area (Å²) in [6.45, 7) is 3.40. The van der Waals surface area contributed by atoms with Gasteiger partial charge in [0.1, 0.15) is 3.70 Å². The van der Waals surface area contributed by atoms with E-state index in [2.05, 4.69) is 38.5 Å². The third-order valence-corrected chi connectivity index (χ3v) is 5.89. The van der Waals surface area contributed by atoms with E-state index >= 15 is 0 Å². The van der Waals surface area contributed by atoms with Gasteiger partial charge in [-0.25, -0.2) is 0 Å². The SMILES string of the molecule is CN(C)S(=O)(=O)N1CCN(Cc2ccc(I)nc2)CC1. The molecule has 1 fully saturated rings. The van der Waals surface area contributed by atoms with Crippen molar-refractivity contribution in [1.82, 2.24) is 18.5 Å². The molecule has 1 aliphatic rings. The molecule has 0 amide bonds. The molecule has 112 valence electrons. The second kappa shape index (κ2) is 6.65. The Bertz CT molecular complexity index is 539. The van der Waals surface area contributed by atoms with E-state index in [0.29, 0.717) is 13.1 Å². The highest BCUT2D eigenvalue weighted by Gasteiger charge is 2.28. The number of rotatable bonds is 4. The first-order chi connectivity index (χ1) is 9.39. The van der Waals surface area contributed by atoms with Crippen molar-refractivity contribution in [3.05, 3.63) is 27.6 Å². The van der Waals surface area contributed by atoms with Gasteiger partial charge in [-0.1, -0.05) is 6.07 Å². The van der Waals surface area contributed by atoms with Gasteiger partial charge in [-0.3, -0.25) is 9.88 Å². The Kier molecular flexibility index (Phi) is 5.35. The van der Waals surface area contributed by atoms with Gasteiger partial charge in [0, 0.05) is 53.0 Å². The van der Waals surface area contributed by atoms with Crippen LogP contribution in [0.5, 0.6) is 0 Å². The number of hydrogen-bond donors (Lipinski definition) is 0. The zero-order valence-electron chi connectivity index (χ0n) is 11.7. The summed E-state index contributed by atoms with van der Waals surface area (Å²) in [5.41, 5.74) is 1.16. The van der Waals surface area contributed by atoms with Crippen molar-refractivity contribution in [2.24, 2.45) is 0 Å². The molecule has 6 nitrogen and oxygen atoms in total. The quantitative estimate of drug-likeness (QED) is 0.539. The summed E-state index contributed by atoms with van der Waals surface area (Å²) in [7, 11) is -0.138. The molecule has 2 rings (SSSR count). The summed E-state index contributed by atoms with van der Waals surface area (Å²) in [5.74, 6) is 0. The zero-order chi connectivity index (χ0) is 14.8. The van der Waals surface area contributed by atoms with Crippen LogP contribution in [0, 0.1) is 3.70 Å². The second-order valence-electron chi connectivity index (χ2n) is 4.95. The molecule has 2 heterocycles. The van der Waals surface area contributed by atoms with Crippen LogP contribution in [0.15, 0.2) is 18.3 Å². The van der Waals surface area contributed by atoms with Crippen molar-refractivity contribution >= 4 is 32.8 Å². The fraction of sp³-hybridized carbons (Fsp3) is 0.583. The Balaban J connectivity index is 1.90. The fourth-order valence-electron chi connectivity index (χ4n) is 2.11. The minimum Gasteiger partial charge on any atom is -0.296 e. The summed E-state index contributed by atoms with van der Waals surface area (Å²) in [5, 5.41) is 0. The lowest BCUT2D eigenvalue weighted by Crippen LogP contribution is -2.51. The number of piperazine rings is 1. The van der Waals surface area contributed by atoms with Crippen molar-refractivity contribution in [3.8, 4) is 0 Å². The van der Waals surface area contributed by atoms with Crippen LogP contribution < -0.4 is 0 Å². The Hall–Kier alpha value is -0.290. The van der Waals surface area contributed by atoms with Gasteiger partial charge in [0.25, 0.3) is 10.2 Å². The molecule has 1 aliphatic heterocycles. The van der Waals surface area contributed by atoms with Gasteiger partial charge in [-0.05, 0) is 34.2 Å². The maximum atomic E-state index is 12.0. The number of aromatic nitrogens is 1. The van der Waals surface area contributed by atoms with E-state index in [1.807, 2.05) is 12.3 Å². The van der Waals surface area contributed by atoms with Crippen LogP contribution >= 0.6 is 22.6 Å². The molecule has 1 aromatic rings. The largest absolute Gasteiger partial charge is 0.296 e. The molecule has 20 heavy (non-hydrogen) atoms. The summed E-state index contributed by atoms with van der Waals surface area (Å²) in [6, 6.07) is 4.06. The molecule has 0 aliphatic carbocycles. The molecule has 0 unspecified atom stereocenters. The molecule has 0 spiro atoms. The predicted molar refractivity (Wildman–Crippen MR) is 86.4 cm³/mol. The molecule has 0 bridgehead atoms. The molecule has 0 N–H and O–H groups in total. The highest BCUT2D eigenvalue weighted by molar-refractivity contribution is 14.1. The Morgan fingerprint density at radius 2 is 1.90 bits per heavy atom. The summed E-state index contributed by atoms with van der Waals surface area (Å²) < 4.78 is 27.8. The van der Waals surface area contributed by atoms with Gasteiger partial charge in [0.15, 0.2) is 0 Å². The smallest absolute Gasteiger partial charge is 0.281 e. The van der Waals surface area contributed by atoms with Gasteiger partial charge in [0.05, 0.1) is 0 Å². The van der Waals surface area contributed by atoms with Crippen molar-refractivity contribution in [2.45, 2.75) is 6.54 Å². The van der Waals surface area contributed by atoms with Crippen molar-refractivity contribution < 1.29 is 8.42 Å². The Morgan fingerprint density at radius 1 is 1.25 bits per heavy atom. The molecular weight excluding hydrogens is 391 g/mol. The second-order valence-corrected chi connectivity index (χ2v) is 8.20. The van der Waals surface area contributed by atoms with Crippen LogP contribution in [0.4, 0.5) is 0 Å². The maximum Gasteiger partial charge on any atom is 0.281 e. The van der Waals surface area contributed by atoms with E-state index in [4.69, 9.17) is 0 Å². The van der Waals surface area contributed by atoms with Crippen LogP contribution in [-0.2, 0) is 16.8 Å². The predicted octanol–water partition coefficient (Wildman–Crippen LogP) is 0.610. The number of hydrogen-bond acceptors (Lipinski definition) is 4. The molecular formula is C12H19IN4O2S. The first kappa shape index (κ1) is 16.1. The topological polar surface area (TPSA) is 56.8 Å². The average Bonchev–Trinajstić information content (AvgIpc) is 2.42. The highest BCUT2D eigenvalue weighted by Crippen LogP contribution is 2.12. The fourth-order valence-corrected chi connectivity index (χ4v) is 3.51. The number of pyridine rings is 1. The van der Waals surface area contributed by atoms with E-state index in [1.165, 1.54) is 8.61 Å². The van der Waals surface area contributed by atoms with Gasteiger partial charge in [-0.15, -0.1) is 0 Å². The summed E-state index contributed by atoms with van der Waals surface area (Å²) in [6.07, 6.45) is 1.88. The summed E-state index contributed by atoms with van der Waals surface area (Å²) >= 11 is 2.18. The summed E-state index contributed by atoms with van der Waals surface area (Å²) in [4.78, 5) is 6.52. The number of halogens is 1. The van der Waals surface area contributed by atoms with E-state index < -0.39 is 10.2 Å². The van der Waals surface area contributed by atoms with E-state index in [1.54, 1.807) is 14.1 Å². The van der Waals surface area contributed by atoms with Gasteiger partial charge < -0.3 is 0 Å². The van der Waals surface area contributed by atoms with E-state index in [0.717, 1.165) is 28.9 Å². The standard InChI is InChI=1S/C12H19IN4O2S/c1-15(2)20(18,19)17-7-5-16(6-8-17)10-11-3-4-12(13)14-9-11/h3-4,9H,5-8,10H2,1-2H3. The van der Waals surface area contributed by atoms with Gasteiger partial charge in [-0.2, -0.15) is 17.0 Å². The normalized spacial score (nSPS) is 18.6. The first-order valence-corrected chi connectivity index (χ1v) is 8.87. The molecule has 0 radical (unpaired) electrons. The van der Waals surface area contributed by atoms with Gasteiger partial charge in [0.2, 0.25) is 0 Å². The molecule has 0 atom stereocenters. The third kappa shape index (κ3) is 3.88. The Morgan fingerprint density at radius 3 is 2.40 bits per heavy atom. The average molecular weight is 410 g/mol. The van der Waals surface area contributed by atoms with E-state index in [9.17, 15) is 8.42 Å². The Labute approximate surface area is 134 Å². The molecule has 0 aromatic carbocycles. The van der Waals surface area contributed by atoms with Crippen LogP contribution in [0.2, 0.25) is 0 Å². The van der Waals surface area contributed by atoms with Crippen molar-refractivity contribution in [2.75, 3.05) is 40.3 Å². The van der Waals surface area contributed by atoms with Crippen LogP contribution in [0.25, 0.3) is 0 Å². The maximum absolute atomic E-state index is 12.0. The first-order valence-electron chi connectivity index (χ1n) is 6.40. The van der Waals surface area contributed by atoms with Crippen molar-refractivity contribution in [1.29, 1.82) is 0 Å².